The molecule has 1 N–H and O–H groups in total. The van der Waals surface area contributed by atoms with Crippen LogP contribution in [0.3, 0.4) is 0 Å². The van der Waals surface area contributed by atoms with E-state index < -0.39 is 5.41 Å². The maximum absolute atomic E-state index is 13.0. The van der Waals surface area contributed by atoms with Crippen molar-refractivity contribution in [3.05, 3.63) is 12.1 Å². The third kappa shape index (κ3) is 4.18. The summed E-state index contributed by atoms with van der Waals surface area (Å²) in [7, 11) is 4.68. The molecule has 0 saturated carbocycles. The first-order chi connectivity index (χ1) is 11.8. The van der Waals surface area contributed by atoms with Crippen LogP contribution in [0.5, 0.6) is 17.2 Å². The zero-order chi connectivity index (χ0) is 18.6. The third-order valence-electron chi connectivity index (χ3n) is 4.93. The Bertz CT molecular complexity index is 592. The number of hydrogen-bond donors (Lipinski definition) is 1. The smallest absolute Gasteiger partial charge is 0.231 e. The van der Waals surface area contributed by atoms with Crippen molar-refractivity contribution in [1.82, 2.24) is 4.90 Å². The summed E-state index contributed by atoms with van der Waals surface area (Å²) in [4.78, 5) is 15.3. The molecule has 0 bridgehead atoms. The van der Waals surface area contributed by atoms with Gasteiger partial charge in [0.25, 0.3) is 0 Å². The minimum absolute atomic E-state index is 0.0205. The van der Waals surface area contributed by atoms with E-state index in [0.29, 0.717) is 29.0 Å². The Morgan fingerprint density at radius 2 is 1.76 bits per heavy atom. The first-order valence-electron chi connectivity index (χ1n) is 8.70. The number of amides is 1. The van der Waals surface area contributed by atoms with Crippen LogP contribution in [0.2, 0.25) is 0 Å². The molecule has 1 fully saturated rings. The number of anilines is 1. The van der Waals surface area contributed by atoms with Crippen molar-refractivity contribution in [2.45, 2.75) is 39.7 Å². The summed E-state index contributed by atoms with van der Waals surface area (Å²) in [6.45, 7) is 8.19. The number of hydrogen-bond acceptors (Lipinski definition) is 5. The van der Waals surface area contributed by atoms with Gasteiger partial charge in [-0.3, -0.25) is 9.69 Å². The fourth-order valence-electron chi connectivity index (χ4n) is 3.34. The standard InChI is InChI=1S/C19H30N2O4/c1-13(2)21-9-7-8-19(3,12-21)18(22)20-14-10-15(23-4)17(25-6)16(11-14)24-5/h10-11,13H,7-9,12H2,1-6H3,(H,20,22). The number of ether oxygens (including phenoxy) is 3. The van der Waals surface area contributed by atoms with Crippen molar-refractivity contribution in [2.75, 3.05) is 39.7 Å². The molecule has 1 atom stereocenters. The van der Waals surface area contributed by atoms with Crippen LogP contribution in [-0.2, 0) is 4.79 Å². The van der Waals surface area contributed by atoms with E-state index in [0.717, 1.165) is 25.9 Å². The molecule has 140 valence electrons. The van der Waals surface area contributed by atoms with Gasteiger partial charge in [0.15, 0.2) is 11.5 Å². The lowest BCUT2D eigenvalue weighted by Crippen LogP contribution is -2.50. The molecular formula is C19H30N2O4. The predicted octanol–water partition coefficient (Wildman–Crippen LogP) is 3.16. The zero-order valence-corrected chi connectivity index (χ0v) is 16.1. The van der Waals surface area contributed by atoms with E-state index in [2.05, 4.69) is 24.1 Å². The van der Waals surface area contributed by atoms with Crippen LogP contribution in [0.4, 0.5) is 5.69 Å². The number of carbonyl (C=O) groups is 1. The SMILES string of the molecule is COc1cc(NC(=O)C2(C)CCCN(C(C)C)C2)cc(OC)c1OC. The molecule has 0 radical (unpaired) electrons. The Balaban J connectivity index is 2.22. The van der Waals surface area contributed by atoms with Gasteiger partial charge in [-0.05, 0) is 40.2 Å². The van der Waals surface area contributed by atoms with Crippen molar-refractivity contribution in [3.63, 3.8) is 0 Å². The van der Waals surface area contributed by atoms with Gasteiger partial charge < -0.3 is 19.5 Å². The lowest BCUT2D eigenvalue weighted by atomic mass is 9.80. The molecule has 1 aromatic carbocycles. The minimum atomic E-state index is -0.414. The Labute approximate surface area is 150 Å². The Kier molecular flexibility index (Phi) is 6.16. The number of nitrogens with one attached hydrogen (secondary N) is 1. The largest absolute Gasteiger partial charge is 0.493 e. The maximum atomic E-state index is 13.0. The second-order valence-corrected chi connectivity index (χ2v) is 7.10. The molecule has 1 aliphatic rings. The number of benzene rings is 1. The summed E-state index contributed by atoms with van der Waals surface area (Å²) in [6, 6.07) is 3.95. The highest BCUT2D eigenvalue weighted by atomic mass is 16.5. The number of likely N-dealkylation sites (tertiary alicyclic amines) is 1. The molecule has 25 heavy (non-hydrogen) atoms. The Morgan fingerprint density at radius 3 is 2.24 bits per heavy atom. The van der Waals surface area contributed by atoms with Gasteiger partial charge in [-0.1, -0.05) is 0 Å². The van der Waals surface area contributed by atoms with Gasteiger partial charge >= 0.3 is 0 Å². The van der Waals surface area contributed by atoms with Crippen molar-refractivity contribution in [1.29, 1.82) is 0 Å². The fraction of sp³-hybridized carbons (Fsp3) is 0.632. The fourth-order valence-corrected chi connectivity index (χ4v) is 3.34. The summed E-state index contributed by atoms with van der Waals surface area (Å²) in [5.41, 5.74) is 0.227. The summed E-state index contributed by atoms with van der Waals surface area (Å²) < 4.78 is 16.0. The van der Waals surface area contributed by atoms with Crippen molar-refractivity contribution >= 4 is 11.6 Å². The monoisotopic (exact) mass is 350 g/mol. The lowest BCUT2D eigenvalue weighted by molar-refractivity contribution is -0.128. The van der Waals surface area contributed by atoms with Crippen molar-refractivity contribution < 1.29 is 19.0 Å². The molecule has 0 spiro atoms. The molecular weight excluding hydrogens is 320 g/mol. The number of nitrogens with zero attached hydrogens (tertiary/aromatic N) is 1. The minimum Gasteiger partial charge on any atom is -0.493 e. The highest BCUT2D eigenvalue weighted by molar-refractivity contribution is 5.96. The maximum Gasteiger partial charge on any atom is 0.231 e. The number of piperidine rings is 1. The first kappa shape index (κ1) is 19.4. The molecule has 1 aromatic rings. The van der Waals surface area contributed by atoms with Crippen LogP contribution < -0.4 is 19.5 Å². The highest BCUT2D eigenvalue weighted by Crippen LogP contribution is 2.40. The molecule has 1 amide bonds. The molecule has 1 saturated heterocycles. The number of carbonyl (C=O) groups excluding carboxylic acids is 1. The van der Waals surface area contributed by atoms with Gasteiger partial charge in [0.1, 0.15) is 0 Å². The zero-order valence-electron chi connectivity index (χ0n) is 16.1. The first-order valence-corrected chi connectivity index (χ1v) is 8.70. The van der Waals surface area contributed by atoms with E-state index in [1.54, 1.807) is 33.5 Å². The summed E-state index contributed by atoms with van der Waals surface area (Å²) in [6.07, 6.45) is 1.91. The van der Waals surface area contributed by atoms with E-state index >= 15 is 0 Å². The van der Waals surface area contributed by atoms with Gasteiger partial charge in [-0.2, -0.15) is 0 Å². The van der Waals surface area contributed by atoms with E-state index in [4.69, 9.17) is 14.2 Å². The molecule has 2 rings (SSSR count). The van der Waals surface area contributed by atoms with Gasteiger partial charge in [0.05, 0.1) is 26.7 Å². The number of rotatable bonds is 6. The average molecular weight is 350 g/mol. The third-order valence-corrected chi connectivity index (χ3v) is 4.93. The van der Waals surface area contributed by atoms with Crippen LogP contribution in [0.15, 0.2) is 12.1 Å². The van der Waals surface area contributed by atoms with E-state index in [1.807, 2.05) is 6.92 Å². The van der Waals surface area contributed by atoms with E-state index in [1.165, 1.54) is 0 Å². The molecule has 0 aromatic heterocycles. The predicted molar refractivity (Wildman–Crippen MR) is 98.8 cm³/mol. The topological polar surface area (TPSA) is 60.0 Å². The van der Waals surface area contributed by atoms with Crippen molar-refractivity contribution in [2.24, 2.45) is 5.41 Å². The molecule has 6 heteroatoms. The lowest BCUT2D eigenvalue weighted by Gasteiger charge is -2.41. The van der Waals surface area contributed by atoms with Gasteiger partial charge in [0, 0.05) is 30.4 Å². The van der Waals surface area contributed by atoms with Crippen LogP contribution in [0.25, 0.3) is 0 Å². The summed E-state index contributed by atoms with van der Waals surface area (Å²) >= 11 is 0. The van der Waals surface area contributed by atoms with Gasteiger partial charge in [-0.15, -0.1) is 0 Å². The summed E-state index contributed by atoms with van der Waals surface area (Å²) in [5, 5.41) is 3.03. The van der Waals surface area contributed by atoms with Crippen LogP contribution in [-0.4, -0.2) is 51.3 Å². The molecule has 6 nitrogen and oxygen atoms in total. The number of methoxy groups -OCH3 is 3. The Hall–Kier alpha value is -1.95. The summed E-state index contributed by atoms with van der Waals surface area (Å²) in [5.74, 6) is 1.58. The average Bonchev–Trinajstić information content (AvgIpc) is 2.60. The van der Waals surface area contributed by atoms with Crippen LogP contribution in [0.1, 0.15) is 33.6 Å². The second kappa shape index (κ2) is 7.95. The van der Waals surface area contributed by atoms with E-state index in [-0.39, 0.29) is 5.91 Å². The molecule has 1 aliphatic heterocycles. The highest BCUT2D eigenvalue weighted by Gasteiger charge is 2.38. The molecule has 0 aliphatic carbocycles. The molecule has 1 unspecified atom stereocenters. The van der Waals surface area contributed by atoms with Crippen molar-refractivity contribution in [3.8, 4) is 17.2 Å². The van der Waals surface area contributed by atoms with Crippen LogP contribution in [0, 0.1) is 5.41 Å². The van der Waals surface area contributed by atoms with Gasteiger partial charge in [0.2, 0.25) is 11.7 Å². The second-order valence-electron chi connectivity index (χ2n) is 7.10. The molecule has 1 heterocycles. The van der Waals surface area contributed by atoms with Gasteiger partial charge in [-0.25, -0.2) is 0 Å². The Morgan fingerprint density at radius 1 is 1.16 bits per heavy atom. The normalized spacial score (nSPS) is 21.1. The quantitative estimate of drug-likeness (QED) is 0.854. The van der Waals surface area contributed by atoms with Crippen LogP contribution >= 0.6 is 0 Å². The van der Waals surface area contributed by atoms with E-state index in [9.17, 15) is 4.79 Å².